The lowest BCUT2D eigenvalue weighted by atomic mass is 9.96. The van der Waals surface area contributed by atoms with E-state index in [1.165, 1.54) is 24.3 Å². The Morgan fingerprint density at radius 2 is 1.76 bits per heavy atom. The lowest BCUT2D eigenvalue weighted by molar-refractivity contribution is -0.142. The molecule has 1 fully saturated rings. The molecule has 38 heavy (non-hydrogen) atoms. The van der Waals surface area contributed by atoms with E-state index in [0.29, 0.717) is 12.8 Å². The maximum Gasteiger partial charge on any atom is 0.435 e. The molecule has 1 atom stereocenters. The lowest BCUT2D eigenvalue weighted by Crippen LogP contribution is -2.25. The Morgan fingerprint density at radius 1 is 1.11 bits per heavy atom. The SMILES string of the molecule is Cc1c(C(F)(F)F)nnc(Oc2ccc(OC3CCC3)c(F)c2F)c1C(=O)Nc1cccc([S@@](C)(=N)=O)c1. The van der Waals surface area contributed by atoms with Crippen LogP contribution in [0.3, 0.4) is 0 Å². The van der Waals surface area contributed by atoms with E-state index >= 15 is 0 Å². The summed E-state index contributed by atoms with van der Waals surface area (Å²) < 4.78 is 100. The van der Waals surface area contributed by atoms with Crippen molar-refractivity contribution in [2.75, 3.05) is 11.6 Å². The molecule has 4 rings (SSSR count). The second-order valence-corrected chi connectivity index (χ2v) is 10.8. The van der Waals surface area contributed by atoms with Gasteiger partial charge in [0.2, 0.25) is 11.6 Å². The second-order valence-electron chi connectivity index (χ2n) is 8.64. The zero-order valence-electron chi connectivity index (χ0n) is 20.0. The molecule has 0 bridgehead atoms. The van der Waals surface area contributed by atoms with Gasteiger partial charge in [-0.15, -0.1) is 10.2 Å². The van der Waals surface area contributed by atoms with Gasteiger partial charge < -0.3 is 14.8 Å². The molecule has 0 unspecified atom stereocenters. The lowest BCUT2D eigenvalue weighted by Gasteiger charge is -2.26. The predicted molar refractivity (Wildman–Crippen MR) is 126 cm³/mol. The molecule has 0 saturated heterocycles. The van der Waals surface area contributed by atoms with Crippen molar-refractivity contribution in [3.05, 3.63) is 64.9 Å². The molecular weight excluding hydrogens is 535 g/mol. The molecule has 0 spiro atoms. The third-order valence-electron chi connectivity index (χ3n) is 5.79. The highest BCUT2D eigenvalue weighted by Crippen LogP contribution is 2.37. The number of ether oxygens (including phenoxy) is 2. The van der Waals surface area contributed by atoms with Crippen LogP contribution in [-0.4, -0.2) is 32.7 Å². The fourth-order valence-electron chi connectivity index (χ4n) is 3.57. The van der Waals surface area contributed by atoms with E-state index in [2.05, 4.69) is 15.5 Å². The van der Waals surface area contributed by atoms with Crippen LogP contribution in [-0.2, 0) is 15.9 Å². The topological polar surface area (TPSA) is 114 Å². The predicted octanol–water partition coefficient (Wildman–Crippen LogP) is 6.09. The molecular formula is C24H21F5N4O4S. The van der Waals surface area contributed by atoms with Gasteiger partial charge in [0.05, 0.1) is 15.8 Å². The minimum atomic E-state index is -4.98. The van der Waals surface area contributed by atoms with E-state index in [9.17, 15) is 31.0 Å². The zero-order chi connectivity index (χ0) is 27.8. The van der Waals surface area contributed by atoms with Crippen LogP contribution in [0, 0.1) is 23.3 Å². The van der Waals surface area contributed by atoms with Gasteiger partial charge in [0.1, 0.15) is 5.56 Å². The van der Waals surface area contributed by atoms with Crippen molar-refractivity contribution < 1.29 is 40.4 Å². The van der Waals surface area contributed by atoms with Crippen molar-refractivity contribution in [2.45, 2.75) is 43.4 Å². The Morgan fingerprint density at radius 3 is 2.37 bits per heavy atom. The van der Waals surface area contributed by atoms with Crippen molar-refractivity contribution in [2.24, 2.45) is 0 Å². The Balaban J connectivity index is 1.72. The molecule has 14 heteroatoms. The normalized spacial score (nSPS) is 15.3. The van der Waals surface area contributed by atoms with Crippen LogP contribution in [0.25, 0.3) is 0 Å². The fraction of sp³-hybridized carbons (Fsp3) is 0.292. The number of aromatic nitrogens is 2. The van der Waals surface area contributed by atoms with Gasteiger partial charge in [0.15, 0.2) is 17.2 Å². The Bertz CT molecular complexity index is 1510. The number of rotatable bonds is 7. The summed E-state index contributed by atoms with van der Waals surface area (Å²) in [5.41, 5.74) is -2.89. The summed E-state index contributed by atoms with van der Waals surface area (Å²) in [6, 6.07) is 7.46. The van der Waals surface area contributed by atoms with E-state index in [0.717, 1.165) is 31.7 Å². The van der Waals surface area contributed by atoms with Crippen molar-refractivity contribution in [1.29, 1.82) is 4.78 Å². The molecule has 1 amide bonds. The fourth-order valence-corrected chi connectivity index (χ4v) is 4.26. The standard InChI is InChI=1S/C24H21F5N4O4S/c1-12-18(22(34)31-13-5-3-8-15(11-13)38(2,30)35)23(33-32-21(12)24(27,28)29)37-17-10-9-16(19(25)20(17)26)36-14-6-4-7-14/h3,5,8-11,14,30H,4,6-7H2,1-2H3,(H,31,34)/t38-/m0/s1. The van der Waals surface area contributed by atoms with Gasteiger partial charge in [-0.1, -0.05) is 6.07 Å². The van der Waals surface area contributed by atoms with E-state index in [1.807, 2.05) is 0 Å². The molecule has 1 aromatic heterocycles. The molecule has 2 N–H and O–H groups in total. The number of nitrogens with zero attached hydrogens (tertiary/aromatic N) is 2. The van der Waals surface area contributed by atoms with Crippen molar-refractivity contribution in [1.82, 2.24) is 10.2 Å². The molecule has 1 heterocycles. The van der Waals surface area contributed by atoms with Crippen LogP contribution in [0.4, 0.5) is 27.6 Å². The summed E-state index contributed by atoms with van der Waals surface area (Å²) >= 11 is 0. The zero-order valence-corrected chi connectivity index (χ0v) is 20.8. The second kappa shape index (κ2) is 10.2. The number of hydrogen-bond acceptors (Lipinski definition) is 7. The van der Waals surface area contributed by atoms with Crippen LogP contribution in [0.1, 0.15) is 40.9 Å². The summed E-state index contributed by atoms with van der Waals surface area (Å²) in [5.74, 6) is -5.93. The first kappa shape index (κ1) is 27.2. The van der Waals surface area contributed by atoms with Gasteiger partial charge in [-0.3, -0.25) is 4.79 Å². The summed E-state index contributed by atoms with van der Waals surface area (Å²) in [6.07, 6.45) is -1.79. The van der Waals surface area contributed by atoms with Crippen LogP contribution >= 0.6 is 0 Å². The van der Waals surface area contributed by atoms with Gasteiger partial charge in [-0.05, 0) is 62.1 Å². The number of carbonyl (C=O) groups is 1. The van der Waals surface area contributed by atoms with E-state index in [4.69, 9.17) is 14.3 Å². The van der Waals surface area contributed by atoms with E-state index < -0.39 is 61.9 Å². The molecule has 0 aliphatic heterocycles. The number of benzene rings is 2. The number of halogens is 5. The van der Waals surface area contributed by atoms with Crippen LogP contribution in [0.2, 0.25) is 0 Å². The molecule has 8 nitrogen and oxygen atoms in total. The first-order chi connectivity index (χ1) is 17.8. The third kappa shape index (κ3) is 5.69. The van der Waals surface area contributed by atoms with Crippen molar-refractivity contribution in [3.63, 3.8) is 0 Å². The van der Waals surface area contributed by atoms with Gasteiger partial charge >= 0.3 is 6.18 Å². The molecule has 3 aromatic rings. The molecule has 1 aliphatic carbocycles. The monoisotopic (exact) mass is 556 g/mol. The Kier molecular flexibility index (Phi) is 7.28. The van der Waals surface area contributed by atoms with Gasteiger partial charge in [-0.25, -0.2) is 8.99 Å². The highest BCUT2D eigenvalue weighted by Gasteiger charge is 2.38. The van der Waals surface area contributed by atoms with Crippen molar-refractivity contribution in [3.8, 4) is 17.4 Å². The molecule has 0 radical (unpaired) electrons. The smallest absolute Gasteiger partial charge is 0.435 e. The average Bonchev–Trinajstić information content (AvgIpc) is 2.79. The number of hydrogen-bond donors (Lipinski definition) is 2. The number of amides is 1. The summed E-state index contributed by atoms with van der Waals surface area (Å²) in [5, 5.41) is 8.76. The first-order valence-corrected chi connectivity index (χ1v) is 13.1. The summed E-state index contributed by atoms with van der Waals surface area (Å²) in [6.45, 7) is 0.949. The highest BCUT2D eigenvalue weighted by atomic mass is 32.2. The van der Waals surface area contributed by atoms with Crippen molar-refractivity contribution >= 4 is 21.3 Å². The maximum atomic E-state index is 14.8. The quantitative estimate of drug-likeness (QED) is 0.340. The number of alkyl halides is 3. The van der Waals surface area contributed by atoms with Crippen LogP contribution < -0.4 is 14.8 Å². The van der Waals surface area contributed by atoms with Crippen LogP contribution in [0.15, 0.2) is 41.3 Å². The van der Waals surface area contributed by atoms with E-state index in [-0.39, 0.29) is 22.4 Å². The highest BCUT2D eigenvalue weighted by molar-refractivity contribution is 7.91. The minimum absolute atomic E-state index is 0.0137. The largest absolute Gasteiger partial charge is 0.487 e. The number of anilines is 1. The van der Waals surface area contributed by atoms with Gasteiger partial charge in [0, 0.05) is 16.8 Å². The Labute approximate surface area is 214 Å². The third-order valence-corrected chi connectivity index (χ3v) is 6.94. The summed E-state index contributed by atoms with van der Waals surface area (Å²) in [4.78, 5) is 13.2. The maximum absolute atomic E-state index is 14.8. The van der Waals surface area contributed by atoms with Gasteiger partial charge in [-0.2, -0.15) is 22.0 Å². The molecule has 1 aliphatic rings. The number of carbonyl (C=O) groups excluding carboxylic acids is 1. The van der Waals surface area contributed by atoms with Crippen LogP contribution in [0.5, 0.6) is 17.4 Å². The molecule has 202 valence electrons. The number of nitrogens with one attached hydrogen (secondary N) is 2. The summed E-state index contributed by atoms with van der Waals surface area (Å²) in [7, 11) is -3.16. The average molecular weight is 557 g/mol. The minimum Gasteiger partial charge on any atom is -0.487 e. The van der Waals surface area contributed by atoms with Gasteiger partial charge in [0.25, 0.3) is 11.8 Å². The van der Waals surface area contributed by atoms with E-state index in [1.54, 1.807) is 0 Å². The Hall–Kier alpha value is -3.81. The molecule has 1 saturated carbocycles. The molecule has 2 aromatic carbocycles. The first-order valence-electron chi connectivity index (χ1n) is 11.2.